The van der Waals surface area contributed by atoms with Crippen molar-refractivity contribution in [3.63, 3.8) is 0 Å². The maximum Gasteiger partial charge on any atom is 0.264 e. The Morgan fingerprint density at radius 3 is 2.15 bits per heavy atom. The third kappa shape index (κ3) is 5.91. The third-order valence-electron chi connectivity index (χ3n) is 6.83. The van der Waals surface area contributed by atoms with Crippen LogP contribution < -0.4 is 19.3 Å². The van der Waals surface area contributed by atoms with E-state index in [9.17, 15) is 13.2 Å². The summed E-state index contributed by atoms with van der Waals surface area (Å²) in [5, 5.41) is 2.95. The van der Waals surface area contributed by atoms with Crippen molar-refractivity contribution in [1.82, 2.24) is 0 Å². The maximum atomic E-state index is 14.0. The molecule has 7 nitrogen and oxygen atoms in total. The Labute approximate surface area is 229 Å². The van der Waals surface area contributed by atoms with E-state index in [0.717, 1.165) is 24.3 Å². The number of nitrogens with zero attached hydrogens (tertiary/aromatic N) is 2. The predicted molar refractivity (Wildman–Crippen MR) is 155 cm³/mol. The monoisotopic (exact) mass is 541 g/mol. The zero-order chi connectivity index (χ0) is 27.2. The molecule has 4 aromatic carbocycles. The Bertz CT molecular complexity index is 1520. The minimum Gasteiger partial charge on any atom is -0.497 e. The van der Waals surface area contributed by atoms with Crippen molar-refractivity contribution >= 4 is 33.0 Å². The van der Waals surface area contributed by atoms with E-state index in [1.807, 2.05) is 54.6 Å². The lowest BCUT2D eigenvalue weighted by molar-refractivity contribution is 0.102. The lowest BCUT2D eigenvalue weighted by Gasteiger charge is -2.27. The molecule has 0 unspecified atom stereocenters. The summed E-state index contributed by atoms with van der Waals surface area (Å²) in [6, 6.07) is 30.1. The van der Waals surface area contributed by atoms with Crippen molar-refractivity contribution in [3.8, 4) is 5.75 Å². The predicted octanol–water partition coefficient (Wildman–Crippen LogP) is 5.94. The molecule has 4 aromatic rings. The van der Waals surface area contributed by atoms with E-state index in [1.54, 1.807) is 36.4 Å². The molecule has 0 aliphatic carbocycles. The highest BCUT2D eigenvalue weighted by atomic mass is 32.2. The number of anilines is 3. The molecule has 1 aliphatic rings. The number of para-hydroxylation sites is 1. The molecule has 0 bridgehead atoms. The van der Waals surface area contributed by atoms with E-state index in [-0.39, 0.29) is 22.9 Å². The fourth-order valence-corrected chi connectivity index (χ4v) is 6.21. The molecule has 1 N–H and O–H groups in total. The quantitative estimate of drug-likeness (QED) is 0.284. The largest absolute Gasteiger partial charge is 0.497 e. The molecule has 1 fully saturated rings. The lowest BCUT2D eigenvalue weighted by atomic mass is 10.1. The van der Waals surface area contributed by atoms with Gasteiger partial charge in [-0.25, -0.2) is 8.42 Å². The molecule has 1 amide bonds. The first-order valence-corrected chi connectivity index (χ1v) is 14.4. The van der Waals surface area contributed by atoms with Crippen LogP contribution in [-0.4, -0.2) is 34.5 Å². The van der Waals surface area contributed by atoms with Gasteiger partial charge in [-0.05, 0) is 79.1 Å². The Hall–Kier alpha value is -4.30. The van der Waals surface area contributed by atoms with Crippen LogP contribution in [0.3, 0.4) is 0 Å². The summed E-state index contributed by atoms with van der Waals surface area (Å²) in [7, 11) is -2.50. The SMILES string of the molecule is COc1ccc(S(=O)(=O)N(Cc2ccccc2)c2ccccc2C(=O)Nc2ccc(N3CCCC3)cc2)cc1. The van der Waals surface area contributed by atoms with Crippen LogP contribution in [0, 0.1) is 0 Å². The van der Waals surface area contributed by atoms with Crippen LogP contribution in [0.25, 0.3) is 0 Å². The number of benzene rings is 4. The Kier molecular flexibility index (Phi) is 7.84. The average molecular weight is 542 g/mol. The number of carbonyl (C=O) groups excluding carboxylic acids is 1. The molecule has 0 atom stereocenters. The molecule has 1 aliphatic heterocycles. The molecule has 1 saturated heterocycles. The molecular formula is C31H31N3O4S. The standard InChI is InChI=1S/C31H31N3O4S/c1-38-27-17-19-28(20-18-27)39(36,37)34(23-24-9-3-2-4-10-24)30-12-6-5-11-29(30)31(35)32-25-13-15-26(16-14-25)33-21-7-8-22-33/h2-6,9-20H,7-8,21-23H2,1H3,(H,32,35). The minimum atomic E-state index is -4.03. The number of methoxy groups -OCH3 is 1. The van der Waals surface area contributed by atoms with Crippen LogP contribution >= 0.6 is 0 Å². The van der Waals surface area contributed by atoms with Gasteiger partial charge < -0.3 is 15.0 Å². The van der Waals surface area contributed by atoms with Gasteiger partial charge in [-0.1, -0.05) is 42.5 Å². The zero-order valence-electron chi connectivity index (χ0n) is 21.8. The minimum absolute atomic E-state index is 0.0596. The third-order valence-corrected chi connectivity index (χ3v) is 8.60. The van der Waals surface area contributed by atoms with Crippen LogP contribution in [0.15, 0.2) is 108 Å². The summed E-state index contributed by atoms with van der Waals surface area (Å²) in [5.41, 5.74) is 3.12. The molecule has 200 valence electrons. The van der Waals surface area contributed by atoms with Crippen molar-refractivity contribution in [3.05, 3.63) is 114 Å². The van der Waals surface area contributed by atoms with Gasteiger partial charge in [-0.2, -0.15) is 0 Å². The number of amides is 1. The molecule has 0 saturated carbocycles. The molecule has 5 rings (SSSR count). The highest BCUT2D eigenvalue weighted by molar-refractivity contribution is 7.92. The maximum absolute atomic E-state index is 14.0. The molecule has 8 heteroatoms. The van der Waals surface area contributed by atoms with Crippen LogP contribution in [0.5, 0.6) is 5.75 Å². The van der Waals surface area contributed by atoms with E-state index >= 15 is 0 Å². The second kappa shape index (κ2) is 11.6. The van der Waals surface area contributed by atoms with E-state index in [2.05, 4.69) is 10.2 Å². The van der Waals surface area contributed by atoms with Crippen LogP contribution in [0.4, 0.5) is 17.1 Å². The lowest BCUT2D eigenvalue weighted by Crippen LogP contribution is -2.32. The molecule has 0 aromatic heterocycles. The molecule has 0 spiro atoms. The Morgan fingerprint density at radius 1 is 0.846 bits per heavy atom. The summed E-state index contributed by atoms with van der Waals surface area (Å²) in [5.74, 6) is 0.168. The number of sulfonamides is 1. The fourth-order valence-electron chi connectivity index (χ4n) is 4.74. The number of carbonyl (C=O) groups is 1. The zero-order valence-corrected chi connectivity index (χ0v) is 22.6. The first kappa shape index (κ1) is 26.3. The molecule has 0 radical (unpaired) electrons. The first-order valence-electron chi connectivity index (χ1n) is 12.9. The summed E-state index contributed by atoms with van der Waals surface area (Å²) < 4.78 is 34.5. The summed E-state index contributed by atoms with van der Waals surface area (Å²) in [6.07, 6.45) is 2.38. The summed E-state index contributed by atoms with van der Waals surface area (Å²) >= 11 is 0. The highest BCUT2D eigenvalue weighted by Crippen LogP contribution is 2.31. The van der Waals surface area contributed by atoms with Gasteiger partial charge in [-0.3, -0.25) is 9.10 Å². The first-order chi connectivity index (χ1) is 19.0. The number of ether oxygens (including phenoxy) is 1. The second-order valence-corrected chi connectivity index (χ2v) is 11.2. The van der Waals surface area contributed by atoms with Crippen molar-refractivity contribution in [2.24, 2.45) is 0 Å². The summed E-state index contributed by atoms with van der Waals surface area (Å²) in [4.78, 5) is 15.9. The number of nitrogens with one attached hydrogen (secondary N) is 1. The smallest absolute Gasteiger partial charge is 0.264 e. The molecule has 1 heterocycles. The van der Waals surface area contributed by atoms with Gasteiger partial charge in [0.1, 0.15) is 5.75 Å². The summed E-state index contributed by atoms with van der Waals surface area (Å²) in [6.45, 7) is 2.14. The average Bonchev–Trinajstić information content (AvgIpc) is 3.52. The van der Waals surface area contributed by atoms with Gasteiger partial charge in [0.25, 0.3) is 15.9 Å². The fraction of sp³-hybridized carbons (Fsp3) is 0.194. The van der Waals surface area contributed by atoms with Gasteiger partial charge in [0.15, 0.2) is 0 Å². The Balaban J connectivity index is 1.48. The van der Waals surface area contributed by atoms with Gasteiger partial charge in [0.2, 0.25) is 0 Å². The van der Waals surface area contributed by atoms with Crippen LogP contribution in [0.1, 0.15) is 28.8 Å². The van der Waals surface area contributed by atoms with Gasteiger partial charge >= 0.3 is 0 Å². The van der Waals surface area contributed by atoms with Gasteiger partial charge in [0.05, 0.1) is 29.8 Å². The number of hydrogen-bond donors (Lipinski definition) is 1. The van der Waals surface area contributed by atoms with Gasteiger partial charge in [-0.15, -0.1) is 0 Å². The Morgan fingerprint density at radius 2 is 1.49 bits per heavy atom. The van der Waals surface area contributed by atoms with Crippen molar-refractivity contribution < 1.29 is 17.9 Å². The molecular weight excluding hydrogens is 510 g/mol. The van der Waals surface area contributed by atoms with Crippen molar-refractivity contribution in [1.29, 1.82) is 0 Å². The van der Waals surface area contributed by atoms with E-state index in [4.69, 9.17) is 4.74 Å². The number of rotatable bonds is 9. The van der Waals surface area contributed by atoms with Gasteiger partial charge in [0, 0.05) is 24.5 Å². The topological polar surface area (TPSA) is 79.0 Å². The van der Waals surface area contributed by atoms with Crippen molar-refractivity contribution in [2.45, 2.75) is 24.3 Å². The van der Waals surface area contributed by atoms with E-state index in [0.29, 0.717) is 17.1 Å². The highest BCUT2D eigenvalue weighted by Gasteiger charge is 2.29. The van der Waals surface area contributed by atoms with Crippen molar-refractivity contribution in [2.75, 3.05) is 34.7 Å². The second-order valence-electron chi connectivity index (χ2n) is 9.39. The van der Waals surface area contributed by atoms with Crippen LogP contribution in [-0.2, 0) is 16.6 Å². The van der Waals surface area contributed by atoms with E-state index in [1.165, 1.54) is 36.4 Å². The number of hydrogen-bond acceptors (Lipinski definition) is 5. The normalized spacial score (nSPS) is 13.2. The van der Waals surface area contributed by atoms with E-state index < -0.39 is 10.0 Å². The molecule has 39 heavy (non-hydrogen) atoms. The van der Waals surface area contributed by atoms with Crippen LogP contribution in [0.2, 0.25) is 0 Å².